The summed E-state index contributed by atoms with van der Waals surface area (Å²) in [4.78, 5) is 2.18. The van der Waals surface area contributed by atoms with Crippen molar-refractivity contribution in [3.8, 4) is 0 Å². The Balaban J connectivity index is 2.84. The number of rotatable bonds is 6. The number of anilines is 1. The van der Waals surface area contributed by atoms with Gasteiger partial charge < -0.3 is 15.7 Å². The quantitative estimate of drug-likeness (QED) is 0.797. The Morgan fingerprint density at radius 3 is 2.24 bits per heavy atom. The molecule has 0 spiro atoms. The van der Waals surface area contributed by atoms with E-state index in [1.54, 1.807) is 0 Å². The van der Waals surface area contributed by atoms with Crippen LogP contribution < -0.4 is 10.6 Å². The Morgan fingerprint density at radius 1 is 1.24 bits per heavy atom. The molecule has 0 aliphatic rings. The van der Waals surface area contributed by atoms with Gasteiger partial charge >= 0.3 is 0 Å². The van der Waals surface area contributed by atoms with E-state index in [1.807, 2.05) is 0 Å². The Labute approximate surface area is 104 Å². The molecule has 1 atom stereocenters. The van der Waals surface area contributed by atoms with E-state index < -0.39 is 0 Å². The van der Waals surface area contributed by atoms with Crippen LogP contribution in [0.15, 0.2) is 24.3 Å². The number of nitrogens with zero attached hydrogens (tertiary/aromatic N) is 1. The highest BCUT2D eigenvalue weighted by atomic mass is 16.3. The third kappa shape index (κ3) is 3.72. The van der Waals surface area contributed by atoms with Gasteiger partial charge in [-0.05, 0) is 38.0 Å². The van der Waals surface area contributed by atoms with E-state index >= 15 is 0 Å². The number of nitrogens with two attached hydrogens (primary N) is 1. The lowest BCUT2D eigenvalue weighted by Crippen LogP contribution is -2.33. The minimum atomic E-state index is 0.120. The highest BCUT2D eigenvalue weighted by Gasteiger charge is 2.10. The van der Waals surface area contributed by atoms with E-state index in [9.17, 15) is 0 Å². The molecule has 0 heterocycles. The van der Waals surface area contributed by atoms with Crippen molar-refractivity contribution in [3.05, 3.63) is 29.8 Å². The topological polar surface area (TPSA) is 49.5 Å². The van der Waals surface area contributed by atoms with Gasteiger partial charge in [0.15, 0.2) is 0 Å². The maximum atomic E-state index is 9.07. The summed E-state index contributed by atoms with van der Waals surface area (Å²) in [6.07, 6.45) is 0.948. The van der Waals surface area contributed by atoms with Crippen molar-refractivity contribution in [3.63, 3.8) is 0 Å². The summed E-state index contributed by atoms with van der Waals surface area (Å²) in [5.41, 5.74) is 8.30. The normalized spacial score (nSPS) is 12.8. The summed E-state index contributed by atoms with van der Waals surface area (Å²) < 4.78 is 0. The monoisotopic (exact) mass is 236 g/mol. The first-order valence-electron chi connectivity index (χ1n) is 6.33. The van der Waals surface area contributed by atoms with Gasteiger partial charge in [0.25, 0.3) is 0 Å². The molecule has 3 heteroatoms. The van der Waals surface area contributed by atoms with Crippen molar-refractivity contribution in [1.82, 2.24) is 0 Å². The van der Waals surface area contributed by atoms with Gasteiger partial charge in [0.05, 0.1) is 6.61 Å². The number of hydrogen-bond donors (Lipinski definition) is 2. The number of benzene rings is 1. The lowest BCUT2D eigenvalue weighted by atomic mass is 10.0. The molecule has 0 bridgehead atoms. The minimum Gasteiger partial charge on any atom is -0.395 e. The number of aliphatic hydroxyl groups is 1. The Bertz CT molecular complexity index is 321. The Kier molecular flexibility index (Phi) is 5.45. The lowest BCUT2D eigenvalue weighted by molar-refractivity contribution is 0.299. The first-order valence-corrected chi connectivity index (χ1v) is 6.33. The Hall–Kier alpha value is -1.06. The van der Waals surface area contributed by atoms with Crippen LogP contribution in [-0.2, 0) is 0 Å². The van der Waals surface area contributed by atoms with Gasteiger partial charge in [0, 0.05) is 24.3 Å². The van der Waals surface area contributed by atoms with Crippen molar-refractivity contribution in [2.75, 3.05) is 18.1 Å². The summed E-state index contributed by atoms with van der Waals surface area (Å²) in [6.45, 7) is 7.18. The molecule has 0 aromatic heterocycles. The van der Waals surface area contributed by atoms with Crippen LogP contribution in [0.4, 0.5) is 5.69 Å². The van der Waals surface area contributed by atoms with Crippen LogP contribution in [0, 0.1) is 0 Å². The van der Waals surface area contributed by atoms with Gasteiger partial charge in [-0.3, -0.25) is 0 Å². The molecule has 1 rings (SSSR count). The molecule has 3 N–H and O–H groups in total. The average Bonchev–Trinajstić information content (AvgIpc) is 2.35. The fourth-order valence-electron chi connectivity index (χ4n) is 1.94. The molecule has 3 nitrogen and oxygen atoms in total. The van der Waals surface area contributed by atoms with Crippen molar-refractivity contribution < 1.29 is 5.11 Å². The molecule has 0 aliphatic carbocycles. The second kappa shape index (κ2) is 6.62. The molecule has 0 unspecified atom stereocenters. The van der Waals surface area contributed by atoms with Gasteiger partial charge in [-0.25, -0.2) is 0 Å². The molecule has 0 saturated carbocycles. The van der Waals surface area contributed by atoms with E-state index in [1.165, 1.54) is 5.56 Å². The van der Waals surface area contributed by atoms with E-state index in [4.69, 9.17) is 10.8 Å². The molecule has 17 heavy (non-hydrogen) atoms. The molecule has 0 aliphatic heterocycles. The second-order valence-electron chi connectivity index (χ2n) is 4.62. The van der Waals surface area contributed by atoms with E-state index in [2.05, 4.69) is 49.9 Å². The molecule has 96 valence electrons. The van der Waals surface area contributed by atoms with Crippen LogP contribution in [0.2, 0.25) is 0 Å². The predicted octanol–water partition coefficient (Wildman–Crippen LogP) is 2.30. The average molecular weight is 236 g/mol. The highest BCUT2D eigenvalue weighted by Crippen LogP contribution is 2.21. The fourth-order valence-corrected chi connectivity index (χ4v) is 1.94. The fraction of sp³-hybridized carbons (Fsp3) is 0.571. The maximum absolute atomic E-state index is 9.07. The van der Waals surface area contributed by atoms with E-state index in [0.29, 0.717) is 12.6 Å². The van der Waals surface area contributed by atoms with Crippen LogP contribution >= 0.6 is 0 Å². The molecular weight excluding hydrogens is 212 g/mol. The SMILES string of the molecule is CC[C@@H](N)c1ccc(N(CCO)C(C)C)cc1. The summed E-state index contributed by atoms with van der Waals surface area (Å²) in [5, 5.41) is 9.07. The van der Waals surface area contributed by atoms with Gasteiger partial charge in [-0.2, -0.15) is 0 Å². The van der Waals surface area contributed by atoms with Crippen LogP contribution in [0.1, 0.15) is 38.8 Å². The van der Waals surface area contributed by atoms with Crippen molar-refractivity contribution >= 4 is 5.69 Å². The minimum absolute atomic E-state index is 0.120. The molecule has 0 fully saturated rings. The van der Waals surface area contributed by atoms with Gasteiger partial charge in [-0.1, -0.05) is 19.1 Å². The van der Waals surface area contributed by atoms with Gasteiger partial charge in [-0.15, -0.1) is 0 Å². The van der Waals surface area contributed by atoms with Crippen LogP contribution in [0.3, 0.4) is 0 Å². The first kappa shape index (κ1) is 14.0. The summed E-state index contributed by atoms with van der Waals surface area (Å²) in [7, 11) is 0. The molecule has 1 aromatic carbocycles. The lowest BCUT2D eigenvalue weighted by Gasteiger charge is -2.28. The zero-order chi connectivity index (χ0) is 12.8. The van der Waals surface area contributed by atoms with Crippen molar-refractivity contribution in [2.45, 2.75) is 39.3 Å². The predicted molar refractivity (Wildman–Crippen MR) is 73.2 cm³/mol. The third-order valence-electron chi connectivity index (χ3n) is 3.06. The van der Waals surface area contributed by atoms with E-state index in [0.717, 1.165) is 12.1 Å². The second-order valence-corrected chi connectivity index (χ2v) is 4.62. The summed E-state index contributed by atoms with van der Waals surface area (Å²) in [5.74, 6) is 0. The zero-order valence-electron chi connectivity index (χ0n) is 11.1. The molecular formula is C14H24N2O. The smallest absolute Gasteiger partial charge is 0.0606 e. The van der Waals surface area contributed by atoms with Crippen LogP contribution in [-0.4, -0.2) is 24.3 Å². The maximum Gasteiger partial charge on any atom is 0.0606 e. The van der Waals surface area contributed by atoms with Crippen molar-refractivity contribution in [1.29, 1.82) is 0 Å². The first-order chi connectivity index (χ1) is 8.10. The number of hydrogen-bond acceptors (Lipinski definition) is 3. The molecule has 0 radical (unpaired) electrons. The standard InChI is InChI=1S/C14H24N2O/c1-4-14(15)12-5-7-13(8-6-12)16(9-10-17)11(2)3/h5-8,11,14,17H,4,9-10,15H2,1-3H3/t14-/m1/s1. The molecule has 0 amide bonds. The largest absolute Gasteiger partial charge is 0.395 e. The zero-order valence-corrected chi connectivity index (χ0v) is 11.1. The van der Waals surface area contributed by atoms with Gasteiger partial charge in [0.2, 0.25) is 0 Å². The number of aliphatic hydroxyl groups excluding tert-OH is 1. The highest BCUT2D eigenvalue weighted by molar-refractivity contribution is 5.48. The Morgan fingerprint density at radius 2 is 1.82 bits per heavy atom. The molecule has 0 saturated heterocycles. The third-order valence-corrected chi connectivity index (χ3v) is 3.06. The molecule has 1 aromatic rings. The summed E-state index contributed by atoms with van der Waals surface area (Å²) >= 11 is 0. The van der Waals surface area contributed by atoms with Crippen LogP contribution in [0.25, 0.3) is 0 Å². The van der Waals surface area contributed by atoms with Gasteiger partial charge in [0.1, 0.15) is 0 Å². The summed E-state index contributed by atoms with van der Waals surface area (Å²) in [6, 6.07) is 8.83. The van der Waals surface area contributed by atoms with Crippen LogP contribution in [0.5, 0.6) is 0 Å². The van der Waals surface area contributed by atoms with Crippen molar-refractivity contribution in [2.24, 2.45) is 5.73 Å². The van der Waals surface area contributed by atoms with E-state index in [-0.39, 0.29) is 12.6 Å².